The number of carbonyl (C=O) groups excluding carboxylic acids is 2. The van der Waals surface area contributed by atoms with Crippen LogP contribution < -0.4 is 5.32 Å². The van der Waals surface area contributed by atoms with E-state index < -0.39 is 5.60 Å². The number of hydrogen-bond donors (Lipinski definition) is 1. The minimum absolute atomic E-state index is 0.0623. The molecule has 0 radical (unpaired) electrons. The highest BCUT2D eigenvalue weighted by Crippen LogP contribution is 2.21. The normalized spacial score (nSPS) is 17.6. The van der Waals surface area contributed by atoms with Crippen molar-refractivity contribution in [2.45, 2.75) is 65.5 Å². The Morgan fingerprint density at radius 1 is 1.33 bits per heavy atom. The molecule has 1 unspecified atom stereocenters. The number of piperidine rings is 1. The van der Waals surface area contributed by atoms with Crippen LogP contribution in [-0.4, -0.2) is 59.6 Å². The van der Waals surface area contributed by atoms with Crippen LogP contribution in [0.5, 0.6) is 0 Å². The second kappa shape index (κ2) is 10.8. The van der Waals surface area contributed by atoms with Crippen molar-refractivity contribution in [2.24, 2.45) is 5.92 Å². The Balaban J connectivity index is 1.83. The molecule has 1 aromatic carbocycles. The van der Waals surface area contributed by atoms with Crippen molar-refractivity contribution >= 4 is 17.7 Å². The molecule has 2 rings (SSSR count). The number of carbonyl (C=O) groups is 2. The number of ether oxygens (including phenoxy) is 1. The average molecular weight is 422 g/mol. The molecule has 168 valence electrons. The van der Waals surface area contributed by atoms with Crippen LogP contribution in [0.2, 0.25) is 0 Å². The quantitative estimate of drug-likeness (QED) is 0.704. The number of nitrogens with zero attached hydrogens (tertiary/aromatic N) is 2. The van der Waals surface area contributed by atoms with E-state index >= 15 is 0 Å². The van der Waals surface area contributed by atoms with Gasteiger partial charge in [-0.2, -0.15) is 0 Å². The molecule has 0 spiro atoms. The molecule has 1 aliphatic rings. The first kappa shape index (κ1) is 24.1. The van der Waals surface area contributed by atoms with Crippen molar-refractivity contribution in [3.8, 4) is 0 Å². The Hall–Kier alpha value is -2.15. The van der Waals surface area contributed by atoms with E-state index in [1.807, 2.05) is 34.6 Å². The molecule has 1 aliphatic heterocycles. The lowest BCUT2D eigenvalue weighted by atomic mass is 9.97. The number of halogens is 1. The first-order valence-electron chi connectivity index (χ1n) is 10.8. The Bertz CT molecular complexity index is 718. The number of rotatable bonds is 7. The van der Waals surface area contributed by atoms with Crippen LogP contribution in [0, 0.1) is 11.7 Å². The van der Waals surface area contributed by atoms with Gasteiger partial charge in [0.15, 0.2) is 0 Å². The van der Waals surface area contributed by atoms with Crippen molar-refractivity contribution < 1.29 is 18.7 Å². The third kappa shape index (κ3) is 8.30. The predicted molar refractivity (Wildman–Crippen MR) is 117 cm³/mol. The zero-order valence-electron chi connectivity index (χ0n) is 18.9. The summed E-state index contributed by atoms with van der Waals surface area (Å²) in [5.41, 5.74) is -0.0424. The average Bonchev–Trinajstić information content (AvgIpc) is 2.63. The van der Waals surface area contributed by atoms with Gasteiger partial charge in [-0.15, -0.1) is 0 Å². The molecule has 1 saturated heterocycles. The van der Waals surface area contributed by atoms with Gasteiger partial charge in [-0.05, 0) is 78.1 Å². The van der Waals surface area contributed by atoms with Crippen LogP contribution in [-0.2, 0) is 9.53 Å². The zero-order valence-corrected chi connectivity index (χ0v) is 18.9. The first-order valence-corrected chi connectivity index (χ1v) is 10.8. The van der Waals surface area contributed by atoms with Crippen molar-refractivity contribution in [3.05, 3.63) is 30.1 Å². The Kier molecular flexibility index (Phi) is 8.65. The second-order valence-corrected chi connectivity index (χ2v) is 9.34. The van der Waals surface area contributed by atoms with Crippen molar-refractivity contribution in [1.82, 2.24) is 9.80 Å². The van der Waals surface area contributed by atoms with Crippen molar-refractivity contribution in [2.75, 3.05) is 31.5 Å². The summed E-state index contributed by atoms with van der Waals surface area (Å²) < 4.78 is 18.8. The lowest BCUT2D eigenvalue weighted by Gasteiger charge is -2.37. The standard InChI is InChI=1S/C23H36FN3O3/c1-17(2)27(22(29)30-23(3,4)5)16-18-8-7-12-26(15-18)13-11-21(28)25-20-10-6-9-19(24)14-20/h6,9-10,14,17-18H,7-8,11-13,15-16H2,1-5H3,(H,25,28). The van der Waals surface area contributed by atoms with Gasteiger partial charge < -0.3 is 19.9 Å². The van der Waals surface area contributed by atoms with Crippen LogP contribution in [0.15, 0.2) is 24.3 Å². The fraction of sp³-hybridized carbons (Fsp3) is 0.652. The predicted octanol–water partition coefficient (Wildman–Crippen LogP) is 4.51. The third-order valence-corrected chi connectivity index (χ3v) is 5.07. The van der Waals surface area contributed by atoms with E-state index in [9.17, 15) is 14.0 Å². The molecule has 30 heavy (non-hydrogen) atoms. The van der Waals surface area contributed by atoms with Crippen LogP contribution >= 0.6 is 0 Å². The van der Waals surface area contributed by atoms with E-state index in [-0.39, 0.29) is 23.9 Å². The maximum atomic E-state index is 13.2. The van der Waals surface area contributed by atoms with Gasteiger partial charge in [0.05, 0.1) is 0 Å². The SMILES string of the molecule is CC(C)N(CC1CCCN(CCC(=O)Nc2cccc(F)c2)C1)C(=O)OC(C)(C)C. The van der Waals surface area contributed by atoms with E-state index in [0.29, 0.717) is 31.1 Å². The second-order valence-electron chi connectivity index (χ2n) is 9.34. The number of anilines is 1. The Morgan fingerprint density at radius 3 is 2.70 bits per heavy atom. The summed E-state index contributed by atoms with van der Waals surface area (Å²) in [6.07, 6.45) is 2.17. The largest absolute Gasteiger partial charge is 0.444 e. The Morgan fingerprint density at radius 2 is 2.07 bits per heavy atom. The van der Waals surface area contributed by atoms with E-state index in [2.05, 4.69) is 10.2 Å². The summed E-state index contributed by atoms with van der Waals surface area (Å²) in [6.45, 7) is 12.7. The highest BCUT2D eigenvalue weighted by molar-refractivity contribution is 5.90. The monoisotopic (exact) mass is 421 g/mol. The molecule has 6 nitrogen and oxygen atoms in total. The molecular weight excluding hydrogens is 385 g/mol. The van der Waals surface area contributed by atoms with Crippen LogP contribution in [0.4, 0.5) is 14.9 Å². The smallest absolute Gasteiger partial charge is 0.410 e. The molecule has 0 aromatic heterocycles. The van der Waals surface area contributed by atoms with Gasteiger partial charge in [-0.1, -0.05) is 6.07 Å². The Labute approximate surface area is 179 Å². The zero-order chi connectivity index (χ0) is 22.3. The molecule has 0 bridgehead atoms. The summed E-state index contributed by atoms with van der Waals surface area (Å²) in [7, 11) is 0. The molecule has 7 heteroatoms. The number of hydrogen-bond acceptors (Lipinski definition) is 4. The molecule has 1 fully saturated rings. The van der Waals surface area contributed by atoms with Crippen molar-refractivity contribution in [3.63, 3.8) is 0 Å². The molecule has 1 atom stereocenters. The topological polar surface area (TPSA) is 61.9 Å². The minimum atomic E-state index is -0.516. The van der Waals surface area contributed by atoms with E-state index in [1.54, 1.807) is 17.0 Å². The molecule has 1 N–H and O–H groups in total. The molecule has 1 aromatic rings. The van der Waals surface area contributed by atoms with Gasteiger partial charge in [-0.25, -0.2) is 9.18 Å². The lowest BCUT2D eigenvalue weighted by molar-refractivity contribution is -0.116. The van der Waals surface area contributed by atoms with Gasteiger partial charge in [0.1, 0.15) is 11.4 Å². The number of amides is 2. The first-order chi connectivity index (χ1) is 14.0. The highest BCUT2D eigenvalue weighted by Gasteiger charge is 2.29. The minimum Gasteiger partial charge on any atom is -0.444 e. The summed E-state index contributed by atoms with van der Waals surface area (Å²) in [5.74, 6) is -0.147. The molecule has 2 amide bonds. The van der Waals surface area contributed by atoms with Gasteiger partial charge in [0.2, 0.25) is 5.91 Å². The van der Waals surface area contributed by atoms with E-state index in [4.69, 9.17) is 4.74 Å². The fourth-order valence-corrected chi connectivity index (χ4v) is 3.65. The van der Waals surface area contributed by atoms with E-state index in [1.165, 1.54) is 12.1 Å². The van der Waals surface area contributed by atoms with Gasteiger partial charge in [-0.3, -0.25) is 4.79 Å². The maximum Gasteiger partial charge on any atom is 0.410 e. The van der Waals surface area contributed by atoms with Crippen LogP contribution in [0.3, 0.4) is 0 Å². The summed E-state index contributed by atoms with van der Waals surface area (Å²) in [6, 6.07) is 5.97. The summed E-state index contributed by atoms with van der Waals surface area (Å²) >= 11 is 0. The van der Waals surface area contributed by atoms with Gasteiger partial charge >= 0.3 is 6.09 Å². The maximum absolute atomic E-state index is 13.2. The highest BCUT2D eigenvalue weighted by atomic mass is 19.1. The lowest BCUT2D eigenvalue weighted by Crippen LogP contribution is -2.47. The van der Waals surface area contributed by atoms with Gasteiger partial charge in [0, 0.05) is 37.8 Å². The third-order valence-electron chi connectivity index (χ3n) is 5.07. The molecule has 0 aliphatic carbocycles. The number of likely N-dealkylation sites (tertiary alicyclic amines) is 1. The number of nitrogens with one attached hydrogen (secondary N) is 1. The molecule has 1 heterocycles. The summed E-state index contributed by atoms with van der Waals surface area (Å²) in [5, 5.41) is 2.74. The van der Waals surface area contributed by atoms with E-state index in [0.717, 1.165) is 25.9 Å². The molecule has 0 saturated carbocycles. The van der Waals surface area contributed by atoms with Crippen molar-refractivity contribution in [1.29, 1.82) is 0 Å². The van der Waals surface area contributed by atoms with Crippen LogP contribution in [0.1, 0.15) is 53.9 Å². The summed E-state index contributed by atoms with van der Waals surface area (Å²) in [4.78, 5) is 28.9. The van der Waals surface area contributed by atoms with Crippen LogP contribution in [0.25, 0.3) is 0 Å². The van der Waals surface area contributed by atoms with Gasteiger partial charge in [0.25, 0.3) is 0 Å². The molecular formula is C23H36FN3O3. The number of benzene rings is 1. The fourth-order valence-electron chi connectivity index (χ4n) is 3.65.